The number of nitrogens with zero attached hydrogens (tertiary/aromatic N) is 2. The zero-order valence-electron chi connectivity index (χ0n) is 19.4. The average molecular weight is 562 g/mol. The molecule has 6 nitrogen and oxygen atoms in total. The van der Waals surface area contributed by atoms with E-state index in [1.807, 2.05) is 50.2 Å². The van der Waals surface area contributed by atoms with E-state index in [1.54, 1.807) is 18.2 Å². The Hall–Kier alpha value is -2.65. The number of hydrogen-bond donors (Lipinski definition) is 1. The van der Waals surface area contributed by atoms with Crippen molar-refractivity contribution in [2.45, 2.75) is 32.9 Å². The van der Waals surface area contributed by atoms with E-state index in [4.69, 9.17) is 40.2 Å². The third-order valence-electron chi connectivity index (χ3n) is 5.46. The quantitative estimate of drug-likeness (QED) is 0.184. The molecule has 1 aliphatic rings. The summed E-state index contributed by atoms with van der Waals surface area (Å²) in [5.74, 6) is -0.819. The number of carbonyl (C=O) groups is 2. The van der Waals surface area contributed by atoms with Crippen molar-refractivity contribution in [2.75, 3.05) is 0 Å². The van der Waals surface area contributed by atoms with Gasteiger partial charge in [-0.3, -0.25) is 9.69 Å². The number of amides is 1. The Morgan fingerprint density at radius 1 is 1.22 bits per heavy atom. The van der Waals surface area contributed by atoms with Crippen molar-refractivity contribution < 1.29 is 19.4 Å². The van der Waals surface area contributed by atoms with Gasteiger partial charge in [-0.15, -0.1) is 0 Å². The van der Waals surface area contributed by atoms with Gasteiger partial charge < -0.3 is 9.84 Å². The molecule has 1 atom stereocenters. The second-order valence-electron chi connectivity index (χ2n) is 8.68. The van der Waals surface area contributed by atoms with Gasteiger partial charge in [-0.1, -0.05) is 73.2 Å². The molecule has 1 aliphatic heterocycles. The van der Waals surface area contributed by atoms with Crippen LogP contribution in [0.25, 0.3) is 17.0 Å². The third kappa shape index (κ3) is 6.00. The molecule has 1 saturated heterocycles. The maximum atomic E-state index is 13.1. The maximum Gasteiger partial charge on any atom is 0.326 e. The van der Waals surface area contributed by atoms with Crippen molar-refractivity contribution in [3.05, 3.63) is 74.7 Å². The number of hydrogen-bond acceptors (Lipinski definition) is 6. The minimum Gasteiger partial charge on any atom is -0.489 e. The molecule has 0 aliphatic carbocycles. The zero-order valence-corrected chi connectivity index (χ0v) is 22.5. The number of carboxylic acid groups (broad SMARTS) is 1. The van der Waals surface area contributed by atoms with Gasteiger partial charge in [0.25, 0.3) is 5.91 Å². The number of aliphatic carboxylic acids is 1. The topological polar surface area (TPSA) is 79.7 Å². The lowest BCUT2D eigenvalue weighted by atomic mass is 10.0. The summed E-state index contributed by atoms with van der Waals surface area (Å²) in [7, 11) is 0. The van der Waals surface area contributed by atoms with Crippen LogP contribution in [0.4, 0.5) is 0 Å². The SMILES string of the molecule is CC(C)C[C@@H](C(=O)O)N1C(=O)/C(=C/c2cc3cc(OCc4cccc(Cl)c4)ccc3nc2Cl)SC1=S. The summed E-state index contributed by atoms with van der Waals surface area (Å²) < 4.78 is 6.12. The molecule has 4 rings (SSSR count). The number of carboxylic acids is 1. The van der Waals surface area contributed by atoms with Crippen molar-refractivity contribution >= 4 is 80.4 Å². The van der Waals surface area contributed by atoms with Crippen molar-refractivity contribution in [1.82, 2.24) is 9.88 Å². The number of benzene rings is 2. The number of fused-ring (bicyclic) bond motifs is 1. The lowest BCUT2D eigenvalue weighted by molar-refractivity contribution is -0.145. The van der Waals surface area contributed by atoms with Crippen LogP contribution in [0.5, 0.6) is 5.75 Å². The van der Waals surface area contributed by atoms with Crippen LogP contribution in [-0.4, -0.2) is 37.2 Å². The summed E-state index contributed by atoms with van der Waals surface area (Å²) in [6, 6.07) is 13.7. The van der Waals surface area contributed by atoms with Gasteiger partial charge in [-0.2, -0.15) is 0 Å². The lowest BCUT2D eigenvalue weighted by Crippen LogP contribution is -2.44. The number of ether oxygens (including phenoxy) is 1. The Bertz CT molecular complexity index is 1390. The third-order valence-corrected chi connectivity index (χ3v) is 7.33. The summed E-state index contributed by atoms with van der Waals surface area (Å²) in [4.78, 5) is 30.9. The number of thioether (sulfide) groups is 1. The van der Waals surface area contributed by atoms with E-state index in [2.05, 4.69) is 4.98 Å². The van der Waals surface area contributed by atoms with Crippen LogP contribution in [0, 0.1) is 5.92 Å². The summed E-state index contributed by atoms with van der Waals surface area (Å²) >= 11 is 18.9. The van der Waals surface area contributed by atoms with Gasteiger partial charge in [0, 0.05) is 16.0 Å². The van der Waals surface area contributed by atoms with E-state index in [-0.39, 0.29) is 15.4 Å². The van der Waals surface area contributed by atoms with E-state index in [9.17, 15) is 14.7 Å². The van der Waals surface area contributed by atoms with Gasteiger partial charge in [0.15, 0.2) is 0 Å². The average Bonchev–Trinajstić information content (AvgIpc) is 3.09. The van der Waals surface area contributed by atoms with Crippen LogP contribution in [0.15, 0.2) is 53.4 Å². The Morgan fingerprint density at radius 3 is 2.69 bits per heavy atom. The van der Waals surface area contributed by atoms with Crippen LogP contribution >= 0.6 is 47.2 Å². The second-order valence-corrected chi connectivity index (χ2v) is 11.1. The first kappa shape index (κ1) is 26.4. The Labute approximate surface area is 228 Å². The molecule has 1 amide bonds. The van der Waals surface area contributed by atoms with Crippen LogP contribution in [0.2, 0.25) is 10.2 Å². The molecule has 1 aromatic heterocycles. The molecule has 10 heteroatoms. The van der Waals surface area contributed by atoms with Crippen molar-refractivity contribution in [1.29, 1.82) is 0 Å². The number of thiocarbonyl (C=S) groups is 1. The smallest absolute Gasteiger partial charge is 0.326 e. The molecule has 0 saturated carbocycles. The molecule has 1 N–H and O–H groups in total. The number of carbonyl (C=O) groups excluding carboxylic acids is 1. The van der Waals surface area contributed by atoms with E-state index < -0.39 is 17.9 Å². The monoisotopic (exact) mass is 560 g/mol. The number of halogens is 2. The molecule has 0 radical (unpaired) electrons. The highest BCUT2D eigenvalue weighted by Crippen LogP contribution is 2.36. The predicted molar refractivity (Wildman–Crippen MR) is 148 cm³/mol. The van der Waals surface area contributed by atoms with Crippen LogP contribution in [0.3, 0.4) is 0 Å². The second kappa shape index (κ2) is 11.2. The first-order valence-electron chi connectivity index (χ1n) is 11.1. The molecule has 2 heterocycles. The summed E-state index contributed by atoms with van der Waals surface area (Å²) in [6.07, 6.45) is 1.90. The highest BCUT2D eigenvalue weighted by molar-refractivity contribution is 8.26. The minimum absolute atomic E-state index is 0.0779. The van der Waals surface area contributed by atoms with Gasteiger partial charge in [0.05, 0.1) is 10.4 Å². The van der Waals surface area contributed by atoms with Gasteiger partial charge >= 0.3 is 5.97 Å². The van der Waals surface area contributed by atoms with E-state index in [1.165, 1.54) is 4.90 Å². The normalized spacial score (nSPS) is 15.8. The van der Waals surface area contributed by atoms with Gasteiger partial charge in [-0.25, -0.2) is 9.78 Å². The molecule has 186 valence electrons. The van der Waals surface area contributed by atoms with Gasteiger partial charge in [0.2, 0.25) is 0 Å². The van der Waals surface area contributed by atoms with Crippen molar-refractivity contribution in [3.8, 4) is 5.75 Å². The fourth-order valence-electron chi connectivity index (χ4n) is 3.78. The Kier molecular flexibility index (Phi) is 8.20. The molecule has 0 bridgehead atoms. The predicted octanol–water partition coefficient (Wildman–Crippen LogP) is 6.82. The molecule has 36 heavy (non-hydrogen) atoms. The van der Waals surface area contributed by atoms with E-state index in [0.29, 0.717) is 39.8 Å². The summed E-state index contributed by atoms with van der Waals surface area (Å²) in [5, 5.41) is 11.3. The van der Waals surface area contributed by atoms with Gasteiger partial charge in [-0.05, 0) is 60.4 Å². The fraction of sp³-hybridized carbons (Fsp3) is 0.231. The van der Waals surface area contributed by atoms with E-state index in [0.717, 1.165) is 22.7 Å². The first-order chi connectivity index (χ1) is 17.1. The first-order valence-corrected chi connectivity index (χ1v) is 13.1. The standard InChI is InChI=1S/C26H22Cl2N2O4S2/c1-14(2)8-21(25(32)33)30-24(31)22(36-26(30)35)12-17-10-16-11-19(6-7-20(16)29-23(17)28)34-13-15-4-3-5-18(27)9-15/h3-7,9-12,14,21H,8,13H2,1-2H3,(H,32,33)/b22-12-/t21-/m0/s1. The summed E-state index contributed by atoms with van der Waals surface area (Å²) in [5.41, 5.74) is 2.13. The number of aromatic nitrogens is 1. The Balaban J connectivity index is 1.60. The largest absolute Gasteiger partial charge is 0.489 e. The molecule has 0 unspecified atom stereocenters. The molecule has 2 aromatic carbocycles. The number of rotatable bonds is 8. The highest BCUT2D eigenvalue weighted by atomic mass is 35.5. The molecule has 3 aromatic rings. The van der Waals surface area contributed by atoms with E-state index >= 15 is 0 Å². The molecular weight excluding hydrogens is 539 g/mol. The lowest BCUT2D eigenvalue weighted by Gasteiger charge is -2.24. The number of pyridine rings is 1. The molecule has 0 spiro atoms. The minimum atomic E-state index is -1.09. The Morgan fingerprint density at radius 2 is 2.00 bits per heavy atom. The van der Waals surface area contributed by atoms with Crippen molar-refractivity contribution in [3.63, 3.8) is 0 Å². The zero-order chi connectivity index (χ0) is 26.0. The maximum absolute atomic E-state index is 13.1. The molecular formula is C26H22Cl2N2O4S2. The van der Waals surface area contributed by atoms with Crippen LogP contribution < -0.4 is 4.74 Å². The van der Waals surface area contributed by atoms with Crippen LogP contribution in [0.1, 0.15) is 31.4 Å². The molecule has 1 fully saturated rings. The van der Waals surface area contributed by atoms with Crippen molar-refractivity contribution in [2.24, 2.45) is 5.92 Å². The van der Waals surface area contributed by atoms with Gasteiger partial charge in [0.1, 0.15) is 27.9 Å². The fourth-order valence-corrected chi connectivity index (χ4v) is 5.55. The summed E-state index contributed by atoms with van der Waals surface area (Å²) in [6.45, 7) is 4.15. The van der Waals surface area contributed by atoms with Crippen LogP contribution in [-0.2, 0) is 16.2 Å². The highest BCUT2D eigenvalue weighted by Gasteiger charge is 2.40.